The molecule has 2 unspecified atom stereocenters. The van der Waals surface area contributed by atoms with Gasteiger partial charge in [0.15, 0.2) is 0 Å². The van der Waals surface area contributed by atoms with Crippen LogP contribution in [-0.4, -0.2) is 24.5 Å². The molecule has 0 aromatic heterocycles. The summed E-state index contributed by atoms with van der Waals surface area (Å²) in [4.78, 5) is 11.4. The predicted octanol–water partition coefficient (Wildman–Crippen LogP) is -0.126. The summed E-state index contributed by atoms with van der Waals surface area (Å²) < 4.78 is 0. The van der Waals surface area contributed by atoms with Crippen LogP contribution in [0.3, 0.4) is 0 Å². The van der Waals surface area contributed by atoms with E-state index in [2.05, 4.69) is 17.6 Å². The number of amides is 1. The lowest BCUT2D eigenvalue weighted by Crippen LogP contribution is -2.50. The summed E-state index contributed by atoms with van der Waals surface area (Å²) in [5.41, 5.74) is -0.194. The molecule has 0 aliphatic carbocycles. The molecule has 0 radical (unpaired) electrons. The second-order valence-corrected chi connectivity index (χ2v) is 3.61. The Morgan fingerprint density at radius 3 is 2.91 bits per heavy atom. The fraction of sp³-hybridized carbons (Fsp3) is 0.875. The van der Waals surface area contributed by atoms with Gasteiger partial charge in [-0.2, -0.15) is 0 Å². The van der Waals surface area contributed by atoms with Gasteiger partial charge in [0.1, 0.15) is 5.54 Å². The van der Waals surface area contributed by atoms with Gasteiger partial charge in [-0.25, -0.2) is 0 Å². The lowest BCUT2D eigenvalue weighted by molar-refractivity contribution is -0.124. The highest BCUT2D eigenvalue weighted by Gasteiger charge is 2.49. The van der Waals surface area contributed by atoms with E-state index in [-0.39, 0.29) is 11.4 Å². The topological polar surface area (TPSA) is 41.1 Å². The van der Waals surface area contributed by atoms with Crippen molar-refractivity contribution in [2.45, 2.75) is 25.3 Å². The molecule has 0 aromatic carbocycles. The summed E-state index contributed by atoms with van der Waals surface area (Å²) in [7, 11) is 0. The monoisotopic (exact) mass is 154 g/mol. The third kappa shape index (κ3) is 0.805. The Morgan fingerprint density at radius 1 is 1.64 bits per heavy atom. The average Bonchev–Trinajstić information content (AvgIpc) is 2.56. The van der Waals surface area contributed by atoms with Crippen molar-refractivity contribution < 1.29 is 4.79 Å². The molecule has 3 nitrogen and oxygen atoms in total. The number of rotatable bonds is 0. The summed E-state index contributed by atoms with van der Waals surface area (Å²) in [6.45, 7) is 3.97. The number of nitrogens with one attached hydrogen (secondary N) is 2. The van der Waals surface area contributed by atoms with Crippen LogP contribution in [0, 0.1) is 5.92 Å². The Kier molecular flexibility index (Phi) is 1.42. The van der Waals surface area contributed by atoms with E-state index in [1.165, 1.54) is 0 Å². The maximum Gasteiger partial charge on any atom is 0.240 e. The maximum absolute atomic E-state index is 11.4. The van der Waals surface area contributed by atoms with Gasteiger partial charge in [0.05, 0.1) is 0 Å². The second-order valence-electron chi connectivity index (χ2n) is 3.61. The Morgan fingerprint density at radius 2 is 2.45 bits per heavy atom. The van der Waals surface area contributed by atoms with Gasteiger partial charge in [0.2, 0.25) is 5.91 Å². The normalized spacial score (nSPS) is 43.4. The van der Waals surface area contributed by atoms with Gasteiger partial charge in [-0.05, 0) is 19.4 Å². The standard InChI is InChI=1S/C8H14N2O/c1-6-5-9-7(11)8(6)3-2-4-10-8/h6,10H,2-5H2,1H3,(H,9,11). The molecule has 0 saturated carbocycles. The van der Waals surface area contributed by atoms with Crippen molar-refractivity contribution in [1.29, 1.82) is 0 Å². The molecule has 0 aromatic rings. The molecule has 2 heterocycles. The highest BCUT2D eigenvalue weighted by molar-refractivity contribution is 5.89. The first-order valence-electron chi connectivity index (χ1n) is 4.29. The first-order valence-corrected chi connectivity index (χ1v) is 4.29. The number of carbonyl (C=O) groups is 1. The first-order chi connectivity index (χ1) is 5.26. The number of hydrogen-bond donors (Lipinski definition) is 2. The summed E-state index contributed by atoms with van der Waals surface area (Å²) in [5.74, 6) is 0.667. The van der Waals surface area contributed by atoms with Crippen molar-refractivity contribution >= 4 is 5.91 Å². The lowest BCUT2D eigenvalue weighted by atomic mass is 9.87. The third-order valence-corrected chi connectivity index (χ3v) is 3.00. The van der Waals surface area contributed by atoms with E-state index < -0.39 is 0 Å². The van der Waals surface area contributed by atoms with Crippen LogP contribution < -0.4 is 10.6 Å². The fourth-order valence-corrected chi connectivity index (χ4v) is 2.18. The van der Waals surface area contributed by atoms with Gasteiger partial charge in [-0.3, -0.25) is 4.79 Å². The van der Waals surface area contributed by atoms with Crippen LogP contribution in [-0.2, 0) is 4.79 Å². The Bertz CT molecular complexity index is 185. The summed E-state index contributed by atoms with van der Waals surface area (Å²) in [6, 6.07) is 0. The Hall–Kier alpha value is -0.570. The van der Waals surface area contributed by atoms with Gasteiger partial charge in [0.25, 0.3) is 0 Å². The summed E-state index contributed by atoms with van der Waals surface area (Å²) in [5, 5.41) is 6.22. The van der Waals surface area contributed by atoms with Crippen LogP contribution in [0.25, 0.3) is 0 Å². The number of hydrogen-bond acceptors (Lipinski definition) is 2. The van der Waals surface area contributed by atoms with E-state index in [1.54, 1.807) is 0 Å². The highest BCUT2D eigenvalue weighted by atomic mass is 16.2. The minimum atomic E-state index is -0.194. The van der Waals surface area contributed by atoms with Crippen molar-refractivity contribution in [1.82, 2.24) is 10.6 Å². The van der Waals surface area contributed by atoms with Gasteiger partial charge < -0.3 is 10.6 Å². The SMILES string of the molecule is CC1CNC(=O)C12CCCN2. The van der Waals surface area contributed by atoms with Crippen molar-refractivity contribution in [2.75, 3.05) is 13.1 Å². The van der Waals surface area contributed by atoms with Crippen LogP contribution in [0.4, 0.5) is 0 Å². The Balaban J connectivity index is 2.26. The van der Waals surface area contributed by atoms with Crippen LogP contribution >= 0.6 is 0 Å². The maximum atomic E-state index is 11.4. The minimum absolute atomic E-state index is 0.194. The molecular weight excluding hydrogens is 140 g/mol. The Labute approximate surface area is 66.5 Å². The molecule has 11 heavy (non-hydrogen) atoms. The van der Waals surface area contributed by atoms with Crippen molar-refractivity contribution in [3.63, 3.8) is 0 Å². The van der Waals surface area contributed by atoms with Crippen LogP contribution in [0.15, 0.2) is 0 Å². The van der Waals surface area contributed by atoms with E-state index in [1.807, 2.05) is 0 Å². The fourth-order valence-electron chi connectivity index (χ4n) is 2.18. The highest BCUT2D eigenvalue weighted by Crippen LogP contribution is 2.31. The molecule has 1 spiro atoms. The van der Waals surface area contributed by atoms with E-state index >= 15 is 0 Å². The molecule has 2 aliphatic heterocycles. The predicted molar refractivity (Wildman–Crippen MR) is 42.1 cm³/mol. The molecule has 0 bridgehead atoms. The van der Waals surface area contributed by atoms with Gasteiger partial charge in [0, 0.05) is 12.5 Å². The smallest absolute Gasteiger partial charge is 0.240 e. The zero-order valence-corrected chi connectivity index (χ0v) is 6.81. The van der Waals surface area contributed by atoms with Crippen molar-refractivity contribution in [3.05, 3.63) is 0 Å². The van der Waals surface area contributed by atoms with Gasteiger partial charge >= 0.3 is 0 Å². The number of carbonyl (C=O) groups excluding carboxylic acids is 1. The van der Waals surface area contributed by atoms with Crippen LogP contribution in [0.2, 0.25) is 0 Å². The van der Waals surface area contributed by atoms with Crippen molar-refractivity contribution in [3.8, 4) is 0 Å². The first kappa shape index (κ1) is 7.10. The van der Waals surface area contributed by atoms with Gasteiger partial charge in [-0.15, -0.1) is 0 Å². The van der Waals surface area contributed by atoms with Crippen LogP contribution in [0.1, 0.15) is 19.8 Å². The summed E-state index contributed by atoms with van der Waals surface area (Å²) >= 11 is 0. The van der Waals surface area contributed by atoms with E-state index in [9.17, 15) is 4.79 Å². The largest absolute Gasteiger partial charge is 0.354 e. The third-order valence-electron chi connectivity index (χ3n) is 3.00. The lowest BCUT2D eigenvalue weighted by Gasteiger charge is -2.24. The van der Waals surface area contributed by atoms with E-state index in [0.29, 0.717) is 5.92 Å². The minimum Gasteiger partial charge on any atom is -0.354 e. The second kappa shape index (κ2) is 2.21. The average molecular weight is 154 g/mol. The quantitative estimate of drug-likeness (QED) is 0.510. The zero-order chi connectivity index (χ0) is 7.90. The van der Waals surface area contributed by atoms with Crippen molar-refractivity contribution in [2.24, 2.45) is 5.92 Å². The molecular formula is C8H14N2O. The van der Waals surface area contributed by atoms with E-state index in [0.717, 1.165) is 25.9 Å². The van der Waals surface area contributed by atoms with Crippen LogP contribution in [0.5, 0.6) is 0 Å². The van der Waals surface area contributed by atoms with E-state index in [4.69, 9.17) is 0 Å². The molecule has 62 valence electrons. The molecule has 3 heteroatoms. The zero-order valence-electron chi connectivity index (χ0n) is 6.81. The summed E-state index contributed by atoms with van der Waals surface area (Å²) in [6.07, 6.45) is 2.15. The molecule has 2 rings (SSSR count). The molecule has 2 N–H and O–H groups in total. The molecule has 1 amide bonds. The molecule has 2 fully saturated rings. The van der Waals surface area contributed by atoms with Gasteiger partial charge in [-0.1, -0.05) is 6.92 Å². The molecule has 2 atom stereocenters. The molecule has 2 aliphatic rings. The molecule has 2 saturated heterocycles.